The molecule has 0 aliphatic carbocycles. The van der Waals surface area contributed by atoms with Gasteiger partial charge in [0, 0.05) is 0 Å². The second-order valence-electron chi connectivity index (χ2n) is 0.763. The highest BCUT2D eigenvalue weighted by Crippen LogP contribution is 1.94. The van der Waals surface area contributed by atoms with Gasteiger partial charge in [-0.05, 0) is 0 Å². The second-order valence-corrected chi connectivity index (χ2v) is 2.08. The molecule has 3 nitrogen and oxygen atoms in total. The highest BCUT2D eigenvalue weighted by atomic mass is 127. The van der Waals surface area contributed by atoms with Crippen LogP contribution in [0, 0.1) is 0 Å². The topological polar surface area (TPSA) is 60.4 Å². The van der Waals surface area contributed by atoms with Crippen LogP contribution in [0.5, 0.6) is 0 Å². The van der Waals surface area contributed by atoms with Crippen molar-refractivity contribution >= 4 is 34.0 Å². The van der Waals surface area contributed by atoms with Gasteiger partial charge in [-0.25, -0.2) is 13.0 Å². The second kappa shape index (κ2) is 8.66. The summed E-state index contributed by atoms with van der Waals surface area (Å²) in [6, 6.07) is 0. The summed E-state index contributed by atoms with van der Waals surface area (Å²) < 4.78 is 45.5. The Kier molecular flexibility index (Phi) is 11.9. The van der Waals surface area contributed by atoms with Crippen molar-refractivity contribution in [2.45, 2.75) is 6.43 Å². The van der Waals surface area contributed by atoms with Gasteiger partial charge in [-0.2, -0.15) is 0 Å². The number of alkyl halides is 3. The first kappa shape index (κ1) is 12.3. The van der Waals surface area contributed by atoms with Gasteiger partial charge in [-0.1, -0.05) is 22.6 Å². The predicted octanol–water partition coefficient (Wildman–Crippen LogP) is 1.02. The van der Waals surface area contributed by atoms with E-state index in [-0.39, 0.29) is 4.43 Å². The molecule has 1 atom stereocenters. The van der Waals surface area contributed by atoms with Crippen molar-refractivity contribution in [3.63, 3.8) is 0 Å². The molecule has 9 heavy (non-hydrogen) atoms. The van der Waals surface area contributed by atoms with Crippen molar-refractivity contribution in [1.29, 1.82) is 0 Å². The van der Waals surface area contributed by atoms with Crippen molar-refractivity contribution in [3.8, 4) is 0 Å². The molecule has 0 saturated carbocycles. The molecule has 0 radical (unpaired) electrons. The van der Waals surface area contributed by atoms with E-state index in [0.29, 0.717) is 0 Å². The zero-order valence-electron chi connectivity index (χ0n) is 4.09. The molecule has 0 amide bonds. The van der Waals surface area contributed by atoms with Gasteiger partial charge in [0.1, 0.15) is 0 Å². The fourth-order valence-corrected chi connectivity index (χ4v) is 0. The van der Waals surface area contributed by atoms with E-state index in [4.69, 9.17) is 13.3 Å². The molecule has 1 N–H and O–H groups in total. The lowest BCUT2D eigenvalue weighted by Crippen LogP contribution is -1.86. The van der Waals surface area contributed by atoms with E-state index in [0.717, 1.165) is 0 Å². The Morgan fingerprint density at radius 1 is 1.78 bits per heavy atom. The summed E-state index contributed by atoms with van der Waals surface area (Å²) in [6.45, 7) is 0. The van der Waals surface area contributed by atoms with Crippen molar-refractivity contribution in [2.75, 3.05) is 4.43 Å². The average Bonchev–Trinajstić information content (AvgIpc) is 1.65. The SMILES string of the molecule is FC(F)CI.O=S([O-])O. The van der Waals surface area contributed by atoms with Crippen LogP contribution >= 0.6 is 22.6 Å². The molecule has 0 aliphatic heterocycles. The molecule has 1 unspecified atom stereocenters. The standard InChI is InChI=1S/C2H3F2I.H2O3S/c3-2(4)1-5;1-4(2)3/h2H,1H2;(H2,1,2,3)/p-1. The molecule has 7 heteroatoms. The van der Waals surface area contributed by atoms with Crippen molar-refractivity contribution in [3.05, 3.63) is 0 Å². The zero-order valence-corrected chi connectivity index (χ0v) is 7.06. The van der Waals surface area contributed by atoms with Gasteiger partial charge in [0.15, 0.2) is 0 Å². The Labute approximate surface area is 67.1 Å². The lowest BCUT2D eigenvalue weighted by molar-refractivity contribution is 0.180. The Hall–Kier alpha value is 0.660. The monoisotopic (exact) mass is 273 g/mol. The Morgan fingerprint density at radius 3 is 1.89 bits per heavy atom. The zero-order chi connectivity index (χ0) is 7.86. The van der Waals surface area contributed by atoms with Crippen LogP contribution in [-0.4, -0.2) is 24.2 Å². The molecule has 0 aromatic rings. The summed E-state index contributed by atoms with van der Waals surface area (Å²) in [5.41, 5.74) is 0. The number of hydrogen-bond donors (Lipinski definition) is 1. The summed E-state index contributed by atoms with van der Waals surface area (Å²) in [7, 11) is 0. The normalized spacial score (nSPS) is 12.2. The van der Waals surface area contributed by atoms with Gasteiger partial charge in [0.05, 0.1) is 15.8 Å². The van der Waals surface area contributed by atoms with Gasteiger partial charge in [-0.3, -0.25) is 0 Å². The molecule has 0 saturated heterocycles. The van der Waals surface area contributed by atoms with E-state index in [1.54, 1.807) is 22.6 Å². The Balaban J connectivity index is 0. The van der Waals surface area contributed by atoms with Crippen LogP contribution in [0.4, 0.5) is 8.78 Å². The van der Waals surface area contributed by atoms with Crippen molar-refractivity contribution < 1.29 is 22.1 Å². The van der Waals surface area contributed by atoms with E-state index >= 15 is 0 Å². The minimum absolute atomic E-state index is 0.0578. The van der Waals surface area contributed by atoms with Gasteiger partial charge in [-0.15, -0.1) is 0 Å². The molecule has 58 valence electrons. The molecule has 0 fully saturated rings. The highest BCUT2D eigenvalue weighted by Gasteiger charge is 1.92. The molecule has 0 bridgehead atoms. The largest absolute Gasteiger partial charge is 0.750 e. The summed E-state index contributed by atoms with van der Waals surface area (Å²) in [4.78, 5) is 0. The first-order chi connectivity index (χ1) is 4.00. The number of hydrogen-bond acceptors (Lipinski definition) is 2. The van der Waals surface area contributed by atoms with Gasteiger partial charge >= 0.3 is 0 Å². The van der Waals surface area contributed by atoms with Crippen LogP contribution in [0.1, 0.15) is 0 Å². The van der Waals surface area contributed by atoms with Crippen molar-refractivity contribution in [2.24, 2.45) is 0 Å². The van der Waals surface area contributed by atoms with Crippen LogP contribution in [0.15, 0.2) is 0 Å². The molecule has 0 aromatic carbocycles. The molecule has 0 spiro atoms. The maximum absolute atomic E-state index is 10.8. The predicted molar refractivity (Wildman–Crippen MR) is 36.4 cm³/mol. The molecular formula is C2H4F2IO3S-. The fraction of sp³-hybridized carbons (Fsp3) is 1.00. The van der Waals surface area contributed by atoms with E-state index < -0.39 is 17.8 Å². The third kappa shape index (κ3) is 54.3. The third-order valence-electron chi connectivity index (χ3n) is 0.117. The van der Waals surface area contributed by atoms with E-state index in [1.807, 2.05) is 0 Å². The summed E-state index contributed by atoms with van der Waals surface area (Å²) >= 11 is -1.23. The van der Waals surface area contributed by atoms with Crippen molar-refractivity contribution in [1.82, 2.24) is 0 Å². The average molecular weight is 273 g/mol. The quantitative estimate of drug-likeness (QED) is 0.441. The van der Waals surface area contributed by atoms with E-state index in [2.05, 4.69) is 0 Å². The van der Waals surface area contributed by atoms with Crippen LogP contribution in [0.25, 0.3) is 0 Å². The molecule has 0 heterocycles. The smallest absolute Gasteiger partial charge is 0.247 e. The lowest BCUT2D eigenvalue weighted by Gasteiger charge is -1.83. The van der Waals surface area contributed by atoms with Gasteiger partial charge in [0.2, 0.25) is 6.43 Å². The summed E-state index contributed by atoms with van der Waals surface area (Å²) in [5.74, 6) is 0. The van der Waals surface area contributed by atoms with Gasteiger partial charge < -0.3 is 9.11 Å². The molecule has 0 rings (SSSR count). The highest BCUT2D eigenvalue weighted by molar-refractivity contribution is 14.1. The number of halogens is 3. The van der Waals surface area contributed by atoms with Crippen LogP contribution < -0.4 is 0 Å². The van der Waals surface area contributed by atoms with E-state index in [9.17, 15) is 8.78 Å². The third-order valence-corrected chi connectivity index (χ3v) is 0.782. The van der Waals surface area contributed by atoms with Gasteiger partial charge in [0.25, 0.3) is 0 Å². The number of rotatable bonds is 1. The summed E-state index contributed by atoms with van der Waals surface area (Å²) in [5, 5.41) is 0. The molecular weight excluding hydrogens is 269 g/mol. The van der Waals surface area contributed by atoms with E-state index in [1.165, 1.54) is 0 Å². The Morgan fingerprint density at radius 2 is 1.89 bits per heavy atom. The maximum Gasteiger partial charge on any atom is 0.247 e. The molecule has 0 aliphatic rings. The summed E-state index contributed by atoms with van der Waals surface area (Å²) in [6.07, 6.45) is -2.13. The van der Waals surface area contributed by atoms with Crippen LogP contribution in [0.2, 0.25) is 0 Å². The minimum atomic E-state index is -2.86. The van der Waals surface area contributed by atoms with Crippen LogP contribution in [-0.2, 0) is 11.4 Å². The first-order valence-electron chi connectivity index (χ1n) is 1.63. The maximum atomic E-state index is 10.8. The molecule has 0 aromatic heterocycles. The Bertz CT molecular complexity index is 76.2. The first-order valence-corrected chi connectivity index (χ1v) is 4.19. The minimum Gasteiger partial charge on any atom is -0.750 e. The fourth-order valence-electron chi connectivity index (χ4n) is 0. The lowest BCUT2D eigenvalue weighted by atomic mass is 10.9. The van der Waals surface area contributed by atoms with Crippen LogP contribution in [0.3, 0.4) is 0 Å².